The Kier molecular flexibility index (Phi) is 5.83. The quantitative estimate of drug-likeness (QED) is 0.766. The molecule has 0 atom stereocenters. The Hall–Kier alpha value is -2.36. The van der Waals surface area contributed by atoms with Crippen LogP contribution < -0.4 is 10.2 Å². The van der Waals surface area contributed by atoms with Crippen LogP contribution in [-0.2, 0) is 21.3 Å². The fourth-order valence-electron chi connectivity index (χ4n) is 2.78. The first kappa shape index (κ1) is 19.4. The lowest BCUT2D eigenvalue weighted by molar-refractivity contribution is 0.0730. The molecular weight excluding hydrogens is 368 g/mol. The van der Waals surface area contributed by atoms with E-state index >= 15 is 0 Å². The molecule has 3 rings (SSSR count). The number of morpholine rings is 1. The number of benzene rings is 1. The second-order valence-corrected chi connectivity index (χ2v) is 8.45. The van der Waals surface area contributed by atoms with Gasteiger partial charge in [-0.3, -0.25) is 4.79 Å². The smallest absolute Gasteiger partial charge is 0.268 e. The van der Waals surface area contributed by atoms with Crippen molar-refractivity contribution in [3.8, 4) is 0 Å². The van der Waals surface area contributed by atoms with Gasteiger partial charge in [-0.05, 0) is 23.8 Å². The lowest BCUT2D eigenvalue weighted by Crippen LogP contribution is -2.40. The van der Waals surface area contributed by atoms with Crippen molar-refractivity contribution in [3.05, 3.63) is 47.8 Å². The van der Waals surface area contributed by atoms with Crippen molar-refractivity contribution in [2.75, 3.05) is 45.3 Å². The number of nitrogens with zero attached hydrogens (tertiary/aromatic N) is 2. The van der Waals surface area contributed by atoms with E-state index in [-0.39, 0.29) is 16.5 Å². The Morgan fingerprint density at radius 2 is 1.89 bits per heavy atom. The zero-order chi connectivity index (χ0) is 19.4. The SMILES string of the molecule is CN(C)c1ccc(CNC(=O)c2cc(S(=O)(=O)N3CCOCC3)c[nH]2)cc1. The zero-order valence-corrected chi connectivity index (χ0v) is 16.3. The van der Waals surface area contributed by atoms with E-state index in [0.717, 1.165) is 11.3 Å². The zero-order valence-electron chi connectivity index (χ0n) is 15.4. The molecule has 27 heavy (non-hydrogen) atoms. The van der Waals surface area contributed by atoms with E-state index in [9.17, 15) is 13.2 Å². The summed E-state index contributed by atoms with van der Waals surface area (Å²) in [6.45, 7) is 1.75. The number of ether oxygens (including phenoxy) is 1. The summed E-state index contributed by atoms with van der Waals surface area (Å²) in [4.78, 5) is 17.2. The van der Waals surface area contributed by atoms with E-state index in [2.05, 4.69) is 10.3 Å². The number of rotatable bonds is 6. The van der Waals surface area contributed by atoms with Gasteiger partial charge in [0.2, 0.25) is 10.0 Å². The number of H-pyrrole nitrogens is 1. The van der Waals surface area contributed by atoms with Crippen molar-refractivity contribution in [1.29, 1.82) is 0 Å². The monoisotopic (exact) mass is 392 g/mol. The minimum Gasteiger partial charge on any atom is -0.379 e. The minimum absolute atomic E-state index is 0.0879. The van der Waals surface area contributed by atoms with Crippen LogP contribution in [0, 0.1) is 0 Å². The van der Waals surface area contributed by atoms with Gasteiger partial charge in [0.25, 0.3) is 5.91 Å². The summed E-state index contributed by atoms with van der Waals surface area (Å²) >= 11 is 0. The molecule has 2 N–H and O–H groups in total. The van der Waals surface area contributed by atoms with Crippen molar-refractivity contribution in [2.24, 2.45) is 0 Å². The van der Waals surface area contributed by atoms with Gasteiger partial charge >= 0.3 is 0 Å². The maximum atomic E-state index is 12.6. The molecule has 0 bridgehead atoms. The molecule has 1 aromatic heterocycles. The molecule has 0 spiro atoms. The van der Waals surface area contributed by atoms with Crippen LogP contribution in [0.25, 0.3) is 0 Å². The van der Waals surface area contributed by atoms with Gasteiger partial charge in [0.1, 0.15) is 10.6 Å². The summed E-state index contributed by atoms with van der Waals surface area (Å²) in [6.07, 6.45) is 1.35. The summed E-state index contributed by atoms with van der Waals surface area (Å²) in [5.74, 6) is -0.352. The maximum absolute atomic E-state index is 12.6. The normalized spacial score (nSPS) is 15.5. The third-order valence-electron chi connectivity index (χ3n) is 4.41. The highest BCUT2D eigenvalue weighted by Gasteiger charge is 2.27. The summed E-state index contributed by atoms with van der Waals surface area (Å²) in [5.41, 5.74) is 2.25. The van der Waals surface area contributed by atoms with Crippen LogP contribution in [0.3, 0.4) is 0 Å². The van der Waals surface area contributed by atoms with E-state index in [1.807, 2.05) is 43.3 Å². The molecular formula is C18H24N4O4S. The number of hydrogen-bond acceptors (Lipinski definition) is 5. The van der Waals surface area contributed by atoms with Crippen molar-refractivity contribution in [2.45, 2.75) is 11.4 Å². The summed E-state index contributed by atoms with van der Waals surface area (Å²) < 4.78 is 31.8. The predicted molar refractivity (Wildman–Crippen MR) is 102 cm³/mol. The number of hydrogen-bond donors (Lipinski definition) is 2. The first-order chi connectivity index (χ1) is 12.9. The van der Waals surface area contributed by atoms with E-state index < -0.39 is 10.0 Å². The fraction of sp³-hybridized carbons (Fsp3) is 0.389. The first-order valence-electron chi connectivity index (χ1n) is 8.69. The van der Waals surface area contributed by atoms with Crippen molar-refractivity contribution in [3.63, 3.8) is 0 Å². The number of amides is 1. The molecule has 1 saturated heterocycles. The van der Waals surface area contributed by atoms with E-state index in [0.29, 0.717) is 32.8 Å². The van der Waals surface area contributed by atoms with E-state index in [1.54, 1.807) is 0 Å². The molecule has 9 heteroatoms. The number of anilines is 1. The highest BCUT2D eigenvalue weighted by molar-refractivity contribution is 7.89. The van der Waals surface area contributed by atoms with E-state index in [1.165, 1.54) is 16.6 Å². The minimum atomic E-state index is -3.62. The summed E-state index contributed by atoms with van der Waals surface area (Å²) in [5, 5.41) is 2.80. The predicted octanol–water partition coefficient (Wildman–Crippen LogP) is 1.03. The third kappa shape index (κ3) is 4.49. The van der Waals surface area contributed by atoms with Crippen LogP contribution in [0.1, 0.15) is 16.1 Å². The Balaban J connectivity index is 1.62. The van der Waals surface area contributed by atoms with Gasteiger partial charge in [0, 0.05) is 45.6 Å². The average Bonchev–Trinajstić information content (AvgIpc) is 3.18. The number of aromatic amines is 1. The fourth-order valence-corrected chi connectivity index (χ4v) is 4.18. The first-order valence-corrected chi connectivity index (χ1v) is 10.1. The van der Waals surface area contributed by atoms with Gasteiger partial charge in [0.15, 0.2) is 0 Å². The van der Waals surface area contributed by atoms with Gasteiger partial charge in [-0.15, -0.1) is 0 Å². The summed E-state index contributed by atoms with van der Waals surface area (Å²) in [7, 11) is 0.308. The molecule has 0 radical (unpaired) electrons. The molecule has 1 aliphatic heterocycles. The van der Waals surface area contributed by atoms with Gasteiger partial charge in [-0.1, -0.05) is 12.1 Å². The Labute approximate surface area is 159 Å². The van der Waals surface area contributed by atoms with Crippen LogP contribution in [0.15, 0.2) is 41.4 Å². The highest BCUT2D eigenvalue weighted by atomic mass is 32.2. The van der Waals surface area contributed by atoms with Crippen LogP contribution in [0.4, 0.5) is 5.69 Å². The largest absolute Gasteiger partial charge is 0.379 e. The molecule has 1 amide bonds. The standard InChI is InChI=1S/C18H24N4O4S/c1-21(2)15-5-3-14(4-6-15)12-20-18(23)17-11-16(13-19-17)27(24,25)22-7-9-26-10-8-22/h3-6,11,13,19H,7-10,12H2,1-2H3,(H,20,23). The molecule has 0 aliphatic carbocycles. The number of carbonyl (C=O) groups excluding carboxylic acids is 1. The Morgan fingerprint density at radius 1 is 1.22 bits per heavy atom. The number of sulfonamides is 1. The van der Waals surface area contributed by atoms with Crippen LogP contribution in [0.2, 0.25) is 0 Å². The van der Waals surface area contributed by atoms with Crippen LogP contribution >= 0.6 is 0 Å². The van der Waals surface area contributed by atoms with Crippen LogP contribution in [0.5, 0.6) is 0 Å². The molecule has 0 saturated carbocycles. The topological polar surface area (TPSA) is 94.7 Å². The molecule has 2 aromatic rings. The molecule has 1 aliphatic rings. The van der Waals surface area contributed by atoms with Crippen molar-refractivity contribution < 1.29 is 17.9 Å². The summed E-state index contributed by atoms with van der Waals surface area (Å²) in [6, 6.07) is 9.21. The molecule has 1 fully saturated rings. The maximum Gasteiger partial charge on any atom is 0.268 e. The van der Waals surface area contributed by atoms with Crippen LogP contribution in [-0.4, -0.2) is 64.0 Å². The van der Waals surface area contributed by atoms with Crippen molar-refractivity contribution in [1.82, 2.24) is 14.6 Å². The molecule has 146 valence electrons. The van der Waals surface area contributed by atoms with Gasteiger partial charge in [0.05, 0.1) is 13.2 Å². The lowest BCUT2D eigenvalue weighted by Gasteiger charge is -2.25. The Morgan fingerprint density at radius 3 is 2.52 bits per heavy atom. The Bertz CT molecular complexity index is 884. The number of aromatic nitrogens is 1. The van der Waals surface area contributed by atoms with Crippen molar-refractivity contribution >= 4 is 21.6 Å². The second kappa shape index (κ2) is 8.12. The van der Waals surface area contributed by atoms with Gasteiger partial charge in [-0.25, -0.2) is 8.42 Å². The molecule has 2 heterocycles. The number of nitrogens with one attached hydrogen (secondary N) is 2. The lowest BCUT2D eigenvalue weighted by atomic mass is 10.2. The third-order valence-corrected chi connectivity index (χ3v) is 6.29. The molecule has 0 unspecified atom stereocenters. The van der Waals surface area contributed by atoms with Gasteiger partial charge < -0.3 is 19.9 Å². The average molecular weight is 392 g/mol. The number of carbonyl (C=O) groups is 1. The molecule has 1 aromatic carbocycles. The van der Waals surface area contributed by atoms with Gasteiger partial charge in [-0.2, -0.15) is 4.31 Å². The molecule has 8 nitrogen and oxygen atoms in total. The van der Waals surface area contributed by atoms with E-state index in [4.69, 9.17) is 4.74 Å². The highest BCUT2D eigenvalue weighted by Crippen LogP contribution is 2.18. The second-order valence-electron chi connectivity index (χ2n) is 6.51.